The van der Waals surface area contributed by atoms with Gasteiger partial charge in [-0.3, -0.25) is 14.9 Å². The van der Waals surface area contributed by atoms with E-state index in [2.05, 4.69) is 10.3 Å². The molecule has 3 rings (SSSR count). The number of aromatic nitrogens is 1. The zero-order chi connectivity index (χ0) is 20.6. The van der Waals surface area contributed by atoms with Gasteiger partial charge in [0, 0.05) is 36.0 Å². The standard InChI is InChI=1S/C20H19N3O5S/c1-27-17-6-2-14(3-7-17)20-22-15(13-29-20)10-11-21-19(24)12-28-18-8-4-16(5-9-18)23(25)26/h2-9,13H,10-12H2,1H3,(H,21,24). The van der Waals surface area contributed by atoms with Crippen LogP contribution in [-0.4, -0.2) is 36.1 Å². The predicted octanol–water partition coefficient (Wildman–Crippen LogP) is 3.46. The number of hydrogen-bond acceptors (Lipinski definition) is 7. The molecular weight excluding hydrogens is 394 g/mol. The Morgan fingerprint density at radius 2 is 1.83 bits per heavy atom. The summed E-state index contributed by atoms with van der Waals surface area (Å²) in [6.45, 7) is 0.278. The second-order valence-electron chi connectivity index (χ2n) is 6.01. The molecule has 0 unspecified atom stereocenters. The van der Waals surface area contributed by atoms with Crippen LogP contribution in [0.4, 0.5) is 5.69 Å². The Labute approximate surface area is 171 Å². The van der Waals surface area contributed by atoms with Crippen molar-refractivity contribution in [3.8, 4) is 22.1 Å². The van der Waals surface area contributed by atoms with Gasteiger partial charge in [-0.15, -0.1) is 11.3 Å². The Kier molecular flexibility index (Phi) is 6.75. The maximum Gasteiger partial charge on any atom is 0.269 e. The van der Waals surface area contributed by atoms with Gasteiger partial charge in [-0.25, -0.2) is 4.98 Å². The molecule has 1 amide bonds. The highest BCUT2D eigenvalue weighted by Gasteiger charge is 2.08. The van der Waals surface area contributed by atoms with Crippen molar-refractivity contribution < 1.29 is 19.2 Å². The van der Waals surface area contributed by atoms with Gasteiger partial charge >= 0.3 is 0 Å². The molecule has 1 heterocycles. The van der Waals surface area contributed by atoms with Gasteiger partial charge in [-0.2, -0.15) is 0 Å². The van der Waals surface area contributed by atoms with Gasteiger partial charge in [-0.1, -0.05) is 0 Å². The van der Waals surface area contributed by atoms with Crippen molar-refractivity contribution in [2.45, 2.75) is 6.42 Å². The lowest BCUT2D eigenvalue weighted by Gasteiger charge is -2.06. The molecule has 1 aromatic heterocycles. The summed E-state index contributed by atoms with van der Waals surface area (Å²) in [6, 6.07) is 13.3. The van der Waals surface area contributed by atoms with Crippen LogP contribution in [0.3, 0.4) is 0 Å². The molecule has 0 spiro atoms. The molecule has 0 aliphatic carbocycles. The molecule has 3 aromatic rings. The molecule has 0 saturated heterocycles. The molecule has 2 aromatic carbocycles. The Hall–Kier alpha value is -3.46. The highest BCUT2D eigenvalue weighted by molar-refractivity contribution is 7.13. The molecule has 29 heavy (non-hydrogen) atoms. The van der Waals surface area contributed by atoms with Gasteiger partial charge in [0.1, 0.15) is 16.5 Å². The van der Waals surface area contributed by atoms with Crippen LogP contribution in [-0.2, 0) is 11.2 Å². The van der Waals surface area contributed by atoms with Crippen LogP contribution in [0.5, 0.6) is 11.5 Å². The minimum atomic E-state index is -0.491. The summed E-state index contributed by atoms with van der Waals surface area (Å²) in [5.74, 6) is 0.924. The SMILES string of the molecule is COc1ccc(-c2nc(CCNC(=O)COc3ccc([N+](=O)[O-])cc3)cs2)cc1. The van der Waals surface area contributed by atoms with Crippen LogP contribution in [0.2, 0.25) is 0 Å². The number of nitrogens with one attached hydrogen (secondary N) is 1. The highest BCUT2D eigenvalue weighted by Crippen LogP contribution is 2.25. The lowest BCUT2D eigenvalue weighted by molar-refractivity contribution is -0.384. The van der Waals surface area contributed by atoms with Crippen molar-refractivity contribution in [2.24, 2.45) is 0 Å². The number of ether oxygens (including phenoxy) is 2. The summed E-state index contributed by atoms with van der Waals surface area (Å²) in [6.07, 6.45) is 0.607. The van der Waals surface area contributed by atoms with Crippen LogP contribution in [0.1, 0.15) is 5.69 Å². The van der Waals surface area contributed by atoms with E-state index in [1.165, 1.54) is 24.3 Å². The van der Waals surface area contributed by atoms with Crippen LogP contribution in [0.25, 0.3) is 10.6 Å². The van der Waals surface area contributed by atoms with Crippen LogP contribution in [0, 0.1) is 10.1 Å². The van der Waals surface area contributed by atoms with E-state index < -0.39 is 4.92 Å². The first-order valence-electron chi connectivity index (χ1n) is 8.78. The molecule has 150 valence electrons. The minimum absolute atomic E-state index is 0.0286. The van der Waals surface area contributed by atoms with Gasteiger partial charge in [0.25, 0.3) is 11.6 Å². The third kappa shape index (κ3) is 5.76. The summed E-state index contributed by atoms with van der Waals surface area (Å²) >= 11 is 1.55. The molecule has 1 N–H and O–H groups in total. The Bertz CT molecular complexity index is 971. The number of carbonyl (C=O) groups excluding carboxylic acids is 1. The van der Waals surface area contributed by atoms with E-state index in [4.69, 9.17) is 9.47 Å². The second-order valence-corrected chi connectivity index (χ2v) is 6.87. The fraction of sp³-hybridized carbons (Fsp3) is 0.200. The third-order valence-corrected chi connectivity index (χ3v) is 4.95. The van der Waals surface area contributed by atoms with Crippen molar-refractivity contribution in [3.05, 3.63) is 69.7 Å². The number of hydrogen-bond donors (Lipinski definition) is 1. The smallest absolute Gasteiger partial charge is 0.269 e. The predicted molar refractivity (Wildman–Crippen MR) is 109 cm³/mol. The van der Waals surface area contributed by atoms with E-state index in [9.17, 15) is 14.9 Å². The number of methoxy groups -OCH3 is 1. The molecule has 0 fully saturated rings. The number of rotatable bonds is 9. The van der Waals surface area contributed by atoms with E-state index >= 15 is 0 Å². The molecular formula is C20H19N3O5S. The average Bonchev–Trinajstić information content (AvgIpc) is 3.21. The van der Waals surface area contributed by atoms with Gasteiger partial charge in [0.05, 0.1) is 17.7 Å². The summed E-state index contributed by atoms with van der Waals surface area (Å²) < 4.78 is 10.5. The third-order valence-electron chi connectivity index (χ3n) is 4.01. The Morgan fingerprint density at radius 3 is 2.48 bits per heavy atom. The normalized spacial score (nSPS) is 10.4. The number of nitro groups is 1. The van der Waals surface area contributed by atoms with Crippen molar-refractivity contribution in [3.63, 3.8) is 0 Å². The number of nitro benzene ring substituents is 1. The number of thiazole rings is 1. The molecule has 9 heteroatoms. The van der Waals surface area contributed by atoms with Gasteiger partial charge < -0.3 is 14.8 Å². The Morgan fingerprint density at radius 1 is 1.14 bits per heavy atom. The quantitative estimate of drug-likeness (QED) is 0.426. The number of carbonyl (C=O) groups is 1. The summed E-state index contributed by atoms with van der Waals surface area (Å²) in [4.78, 5) is 26.6. The lowest BCUT2D eigenvalue weighted by atomic mass is 10.2. The first-order valence-corrected chi connectivity index (χ1v) is 9.66. The van der Waals surface area contributed by atoms with E-state index in [-0.39, 0.29) is 18.2 Å². The van der Waals surface area contributed by atoms with Crippen molar-refractivity contribution in [2.75, 3.05) is 20.3 Å². The van der Waals surface area contributed by atoms with E-state index in [1.807, 2.05) is 29.6 Å². The zero-order valence-electron chi connectivity index (χ0n) is 15.7. The number of benzene rings is 2. The molecule has 0 radical (unpaired) electrons. The van der Waals surface area contributed by atoms with Crippen LogP contribution < -0.4 is 14.8 Å². The van der Waals surface area contributed by atoms with Crippen LogP contribution in [0.15, 0.2) is 53.9 Å². The first-order chi connectivity index (χ1) is 14.0. The first kappa shape index (κ1) is 20.3. The maximum absolute atomic E-state index is 11.9. The van der Waals surface area contributed by atoms with E-state index in [0.29, 0.717) is 18.7 Å². The number of nitrogens with zero attached hydrogens (tertiary/aromatic N) is 2. The molecule has 0 aliphatic rings. The van der Waals surface area contributed by atoms with E-state index in [1.54, 1.807) is 18.4 Å². The van der Waals surface area contributed by atoms with Gasteiger partial charge in [0.15, 0.2) is 6.61 Å². The summed E-state index contributed by atoms with van der Waals surface area (Å²) in [5.41, 5.74) is 1.89. The van der Waals surface area contributed by atoms with E-state index in [0.717, 1.165) is 22.0 Å². The molecule has 0 aliphatic heterocycles. The van der Waals surface area contributed by atoms with Crippen molar-refractivity contribution >= 4 is 22.9 Å². The topological polar surface area (TPSA) is 104 Å². The maximum atomic E-state index is 11.9. The second kappa shape index (κ2) is 9.65. The van der Waals surface area contributed by atoms with Gasteiger partial charge in [-0.05, 0) is 36.4 Å². The molecule has 8 nitrogen and oxygen atoms in total. The van der Waals surface area contributed by atoms with Crippen molar-refractivity contribution in [1.82, 2.24) is 10.3 Å². The number of amides is 1. The lowest BCUT2D eigenvalue weighted by Crippen LogP contribution is -2.30. The van der Waals surface area contributed by atoms with Gasteiger partial charge in [0.2, 0.25) is 0 Å². The fourth-order valence-corrected chi connectivity index (χ4v) is 3.34. The average molecular weight is 413 g/mol. The van der Waals surface area contributed by atoms with Crippen molar-refractivity contribution in [1.29, 1.82) is 0 Å². The zero-order valence-corrected chi connectivity index (χ0v) is 16.5. The Balaban J connectivity index is 1.42. The fourth-order valence-electron chi connectivity index (χ4n) is 2.48. The largest absolute Gasteiger partial charge is 0.497 e. The highest BCUT2D eigenvalue weighted by atomic mass is 32.1. The van der Waals surface area contributed by atoms with Crippen LogP contribution >= 0.6 is 11.3 Å². The summed E-state index contributed by atoms with van der Waals surface area (Å²) in [7, 11) is 1.63. The monoisotopic (exact) mass is 413 g/mol. The summed E-state index contributed by atoms with van der Waals surface area (Å²) in [5, 5.41) is 16.3. The molecule has 0 atom stereocenters. The molecule has 0 bridgehead atoms. The minimum Gasteiger partial charge on any atom is -0.497 e. The number of non-ortho nitro benzene ring substituents is 1. The molecule has 0 saturated carbocycles.